The third kappa shape index (κ3) is 1.74. The van der Waals surface area contributed by atoms with Gasteiger partial charge in [0.25, 0.3) is 0 Å². The molecule has 5 nitrogen and oxygen atoms in total. The predicted molar refractivity (Wildman–Crippen MR) is 68.0 cm³/mol. The van der Waals surface area contributed by atoms with Gasteiger partial charge in [0.05, 0.1) is 19.1 Å². The maximum atomic E-state index is 11.8. The molecule has 0 saturated carbocycles. The molecule has 98 valence electrons. The third-order valence-corrected chi connectivity index (χ3v) is 3.42. The average molecular weight is 258 g/mol. The molecule has 0 aliphatic carbocycles. The van der Waals surface area contributed by atoms with Crippen LogP contribution in [0.15, 0.2) is 30.6 Å². The topological polar surface area (TPSA) is 53.3 Å². The summed E-state index contributed by atoms with van der Waals surface area (Å²) >= 11 is 0. The molecule has 1 aromatic carbocycles. The lowest BCUT2D eigenvalue weighted by Gasteiger charge is -2.26. The minimum absolute atomic E-state index is 0.290. The molecule has 1 aliphatic heterocycles. The van der Waals surface area contributed by atoms with Crippen LogP contribution in [0.4, 0.5) is 0 Å². The maximum Gasteiger partial charge on any atom is 0.358 e. The van der Waals surface area contributed by atoms with E-state index >= 15 is 0 Å². The normalized spacial score (nSPS) is 16.6. The van der Waals surface area contributed by atoms with Crippen LogP contribution >= 0.6 is 0 Å². The van der Waals surface area contributed by atoms with Crippen LogP contribution in [0.2, 0.25) is 0 Å². The van der Waals surface area contributed by atoms with Crippen molar-refractivity contribution in [2.24, 2.45) is 0 Å². The summed E-state index contributed by atoms with van der Waals surface area (Å²) in [6.45, 7) is 0.690. The number of carbonyl (C=O) groups is 1. The Balaban J connectivity index is 2.16. The molecule has 1 aliphatic rings. The van der Waals surface area contributed by atoms with E-state index in [1.54, 1.807) is 13.4 Å². The molecule has 0 N–H and O–H groups in total. The van der Waals surface area contributed by atoms with Gasteiger partial charge in [-0.25, -0.2) is 9.78 Å². The number of rotatable bonds is 2. The second-order valence-corrected chi connectivity index (χ2v) is 4.41. The monoisotopic (exact) mass is 258 g/mol. The van der Waals surface area contributed by atoms with E-state index < -0.39 is 5.97 Å². The zero-order valence-corrected chi connectivity index (χ0v) is 10.8. The average Bonchev–Trinajstić information content (AvgIpc) is 2.87. The number of nitrogens with zero attached hydrogens (tertiary/aromatic N) is 2. The minimum Gasteiger partial charge on any atom is -0.464 e. The van der Waals surface area contributed by atoms with E-state index in [0.29, 0.717) is 12.2 Å². The van der Waals surface area contributed by atoms with E-state index in [9.17, 15) is 4.79 Å². The summed E-state index contributed by atoms with van der Waals surface area (Å²) in [5.41, 5.74) is 3.33. The van der Waals surface area contributed by atoms with E-state index in [0.717, 1.165) is 11.3 Å². The highest BCUT2D eigenvalue weighted by Crippen LogP contribution is 2.35. The molecule has 5 heteroatoms. The van der Waals surface area contributed by atoms with Gasteiger partial charge in [-0.2, -0.15) is 0 Å². The Bertz CT molecular complexity index is 633. The van der Waals surface area contributed by atoms with Gasteiger partial charge >= 0.3 is 5.97 Å². The van der Waals surface area contributed by atoms with Crippen molar-refractivity contribution in [1.82, 2.24) is 9.55 Å². The highest BCUT2D eigenvalue weighted by Gasteiger charge is 2.31. The Labute approximate surface area is 110 Å². The van der Waals surface area contributed by atoms with Crippen molar-refractivity contribution in [2.45, 2.75) is 12.6 Å². The molecule has 0 radical (unpaired) electrons. The molecule has 0 saturated heterocycles. The quantitative estimate of drug-likeness (QED) is 0.770. The molecule has 0 amide bonds. The number of hydrogen-bond donors (Lipinski definition) is 0. The van der Waals surface area contributed by atoms with Crippen molar-refractivity contribution >= 4 is 5.97 Å². The standard InChI is InChI=1S/C14H14N2O3/c1-18-13-10-6-4-3-5-9(10)7-16-8-15-11(12(13)16)14(17)19-2/h3-6,8,13H,7H2,1-2H3. The predicted octanol–water partition coefficient (Wildman–Crippen LogP) is 1.77. The zero-order valence-electron chi connectivity index (χ0n) is 10.8. The van der Waals surface area contributed by atoms with Gasteiger partial charge in [0.2, 0.25) is 0 Å². The maximum absolute atomic E-state index is 11.8. The minimum atomic E-state index is -0.435. The Morgan fingerprint density at radius 1 is 1.37 bits per heavy atom. The first-order valence-corrected chi connectivity index (χ1v) is 6.00. The SMILES string of the molecule is COC(=O)c1ncn2c1C(OC)c1ccccc1C2. The summed E-state index contributed by atoms with van der Waals surface area (Å²) in [7, 11) is 2.98. The molecule has 1 atom stereocenters. The van der Waals surface area contributed by atoms with Gasteiger partial charge in [0.1, 0.15) is 6.10 Å². The summed E-state index contributed by atoms with van der Waals surface area (Å²) in [6.07, 6.45) is 1.37. The molecule has 0 bridgehead atoms. The number of hydrogen-bond acceptors (Lipinski definition) is 4. The van der Waals surface area contributed by atoms with Gasteiger partial charge in [-0.05, 0) is 11.1 Å². The fraction of sp³-hybridized carbons (Fsp3) is 0.286. The van der Waals surface area contributed by atoms with Crippen molar-refractivity contribution in [3.8, 4) is 0 Å². The number of methoxy groups -OCH3 is 2. The fourth-order valence-corrected chi connectivity index (χ4v) is 2.55. The summed E-state index contributed by atoms with van der Waals surface area (Å²) < 4.78 is 12.3. The van der Waals surface area contributed by atoms with Crippen LogP contribution in [0.5, 0.6) is 0 Å². The van der Waals surface area contributed by atoms with Crippen molar-refractivity contribution in [2.75, 3.05) is 14.2 Å². The number of fused-ring (bicyclic) bond motifs is 2. The van der Waals surface area contributed by atoms with Crippen LogP contribution in [0, 0.1) is 0 Å². The summed E-state index contributed by atoms with van der Waals surface area (Å²) in [4.78, 5) is 15.9. The Morgan fingerprint density at radius 2 is 2.16 bits per heavy atom. The highest BCUT2D eigenvalue weighted by atomic mass is 16.5. The van der Waals surface area contributed by atoms with Crippen LogP contribution in [0.1, 0.15) is 33.4 Å². The fourth-order valence-electron chi connectivity index (χ4n) is 2.55. The van der Waals surface area contributed by atoms with E-state index in [4.69, 9.17) is 9.47 Å². The van der Waals surface area contributed by atoms with E-state index in [1.165, 1.54) is 12.7 Å². The number of carbonyl (C=O) groups excluding carboxylic acids is 1. The van der Waals surface area contributed by atoms with Crippen LogP contribution in [-0.2, 0) is 16.0 Å². The lowest BCUT2D eigenvalue weighted by Crippen LogP contribution is -2.22. The van der Waals surface area contributed by atoms with Crippen molar-refractivity contribution in [1.29, 1.82) is 0 Å². The first kappa shape index (κ1) is 11.9. The van der Waals surface area contributed by atoms with Gasteiger partial charge in [-0.3, -0.25) is 0 Å². The first-order chi connectivity index (χ1) is 9.26. The van der Waals surface area contributed by atoms with E-state index in [-0.39, 0.29) is 6.10 Å². The molecule has 1 aromatic heterocycles. The number of ether oxygens (including phenoxy) is 2. The Morgan fingerprint density at radius 3 is 2.89 bits per heavy atom. The zero-order chi connectivity index (χ0) is 13.4. The van der Waals surface area contributed by atoms with E-state index in [2.05, 4.69) is 11.1 Å². The molecule has 2 aromatic rings. The van der Waals surface area contributed by atoms with E-state index in [1.807, 2.05) is 22.8 Å². The van der Waals surface area contributed by atoms with Crippen LogP contribution in [-0.4, -0.2) is 29.7 Å². The Kier molecular flexibility index (Phi) is 2.83. The molecule has 0 spiro atoms. The molecule has 1 unspecified atom stereocenters. The summed E-state index contributed by atoms with van der Waals surface area (Å²) in [6, 6.07) is 8.03. The largest absolute Gasteiger partial charge is 0.464 e. The lowest BCUT2D eigenvalue weighted by atomic mass is 9.95. The van der Waals surface area contributed by atoms with Gasteiger partial charge < -0.3 is 14.0 Å². The van der Waals surface area contributed by atoms with Gasteiger partial charge in [0, 0.05) is 13.7 Å². The number of aromatic nitrogens is 2. The molecule has 3 rings (SSSR count). The number of imidazole rings is 1. The van der Waals surface area contributed by atoms with Crippen molar-refractivity contribution < 1.29 is 14.3 Å². The van der Waals surface area contributed by atoms with Crippen LogP contribution in [0.3, 0.4) is 0 Å². The van der Waals surface area contributed by atoms with Gasteiger partial charge in [-0.1, -0.05) is 24.3 Å². The summed E-state index contributed by atoms with van der Waals surface area (Å²) in [5, 5.41) is 0. The molecule has 0 fully saturated rings. The van der Waals surface area contributed by atoms with Crippen molar-refractivity contribution in [3.63, 3.8) is 0 Å². The Hall–Kier alpha value is -2.14. The molecule has 19 heavy (non-hydrogen) atoms. The smallest absolute Gasteiger partial charge is 0.358 e. The highest BCUT2D eigenvalue weighted by molar-refractivity contribution is 5.89. The molecular formula is C14H14N2O3. The second kappa shape index (κ2) is 4.51. The first-order valence-electron chi connectivity index (χ1n) is 6.00. The molecular weight excluding hydrogens is 244 g/mol. The summed E-state index contributed by atoms with van der Waals surface area (Å²) in [5.74, 6) is -0.435. The third-order valence-electron chi connectivity index (χ3n) is 3.42. The lowest BCUT2D eigenvalue weighted by molar-refractivity contribution is 0.0582. The second-order valence-electron chi connectivity index (χ2n) is 4.41. The van der Waals surface area contributed by atoms with Crippen molar-refractivity contribution in [3.05, 3.63) is 53.1 Å². The van der Waals surface area contributed by atoms with Gasteiger partial charge in [-0.15, -0.1) is 0 Å². The number of esters is 1. The van der Waals surface area contributed by atoms with Crippen LogP contribution in [0.25, 0.3) is 0 Å². The molecule has 2 heterocycles. The van der Waals surface area contributed by atoms with Gasteiger partial charge in [0.15, 0.2) is 5.69 Å². The number of benzene rings is 1. The van der Waals surface area contributed by atoms with Crippen LogP contribution < -0.4 is 0 Å².